The normalized spacial score (nSPS) is 10.9. The molecule has 1 heterocycles. The number of oxazole rings is 1. The Morgan fingerprint density at radius 1 is 1.42 bits per heavy atom. The van der Waals surface area contributed by atoms with Crippen LogP contribution in [0.15, 0.2) is 28.8 Å². The van der Waals surface area contributed by atoms with Gasteiger partial charge in [0.05, 0.1) is 19.3 Å². The molecule has 0 spiro atoms. The quantitative estimate of drug-likeness (QED) is 0.814. The van der Waals surface area contributed by atoms with Crippen LogP contribution in [-0.2, 0) is 11.3 Å². The molecule has 0 unspecified atom stereocenters. The van der Waals surface area contributed by atoms with E-state index in [9.17, 15) is 4.39 Å². The first-order chi connectivity index (χ1) is 9.20. The second-order valence-corrected chi connectivity index (χ2v) is 4.25. The van der Waals surface area contributed by atoms with Crippen molar-refractivity contribution < 1.29 is 13.5 Å². The van der Waals surface area contributed by atoms with Crippen molar-refractivity contribution in [2.24, 2.45) is 0 Å². The highest BCUT2D eigenvalue weighted by atomic mass is 19.1. The first-order valence-corrected chi connectivity index (χ1v) is 6.11. The predicted octanol–water partition coefficient (Wildman–Crippen LogP) is 2.53. The Labute approximate surface area is 111 Å². The van der Waals surface area contributed by atoms with Crippen molar-refractivity contribution in [2.45, 2.75) is 13.5 Å². The van der Waals surface area contributed by atoms with Crippen LogP contribution in [0.25, 0.3) is 11.3 Å². The number of hydrogen-bond donors (Lipinski definition) is 1. The molecule has 19 heavy (non-hydrogen) atoms. The number of ether oxygens (including phenoxy) is 1. The van der Waals surface area contributed by atoms with Crippen LogP contribution >= 0.6 is 0 Å². The Hall–Kier alpha value is -1.72. The minimum absolute atomic E-state index is 0.248. The molecule has 2 rings (SSSR count). The van der Waals surface area contributed by atoms with Crippen LogP contribution in [0.1, 0.15) is 11.5 Å². The lowest BCUT2D eigenvalue weighted by Gasteiger charge is -2.02. The van der Waals surface area contributed by atoms with Crippen LogP contribution < -0.4 is 5.32 Å². The first-order valence-electron chi connectivity index (χ1n) is 6.11. The van der Waals surface area contributed by atoms with Crippen LogP contribution in [0, 0.1) is 12.7 Å². The Morgan fingerprint density at radius 3 is 3.00 bits per heavy atom. The topological polar surface area (TPSA) is 47.3 Å². The van der Waals surface area contributed by atoms with Crippen LogP contribution in [0.2, 0.25) is 0 Å². The van der Waals surface area contributed by atoms with Gasteiger partial charge in [0, 0.05) is 19.2 Å². The summed E-state index contributed by atoms with van der Waals surface area (Å²) in [5.74, 6) is 1.01. The number of aromatic nitrogens is 1. The molecule has 1 aromatic heterocycles. The Balaban J connectivity index is 2.04. The SMILES string of the molecule is COCCNCc1ncc(-c2ccc(F)cc2C)o1. The molecule has 0 bridgehead atoms. The summed E-state index contributed by atoms with van der Waals surface area (Å²) in [5, 5.41) is 3.15. The molecule has 0 aliphatic carbocycles. The maximum Gasteiger partial charge on any atom is 0.208 e. The number of nitrogens with zero attached hydrogens (tertiary/aromatic N) is 1. The fourth-order valence-corrected chi connectivity index (χ4v) is 1.79. The molecule has 0 atom stereocenters. The second kappa shape index (κ2) is 6.45. The third-order valence-electron chi connectivity index (χ3n) is 2.77. The first kappa shape index (κ1) is 13.7. The van der Waals surface area contributed by atoms with Gasteiger partial charge in [0.2, 0.25) is 5.89 Å². The van der Waals surface area contributed by atoms with Crippen molar-refractivity contribution in [3.8, 4) is 11.3 Å². The Kier molecular flexibility index (Phi) is 4.65. The van der Waals surface area contributed by atoms with E-state index >= 15 is 0 Å². The monoisotopic (exact) mass is 264 g/mol. The van der Waals surface area contributed by atoms with Crippen molar-refractivity contribution in [1.82, 2.24) is 10.3 Å². The summed E-state index contributed by atoms with van der Waals surface area (Å²) in [6.45, 7) is 3.77. The van der Waals surface area contributed by atoms with Gasteiger partial charge in [-0.05, 0) is 30.7 Å². The molecule has 0 aliphatic rings. The van der Waals surface area contributed by atoms with Gasteiger partial charge in [-0.2, -0.15) is 0 Å². The summed E-state index contributed by atoms with van der Waals surface area (Å²) < 4.78 is 23.6. The number of methoxy groups -OCH3 is 1. The number of benzene rings is 1. The number of nitrogens with one attached hydrogen (secondary N) is 1. The summed E-state index contributed by atoms with van der Waals surface area (Å²) in [7, 11) is 1.65. The molecule has 0 amide bonds. The van der Waals surface area contributed by atoms with Gasteiger partial charge in [-0.25, -0.2) is 9.37 Å². The average molecular weight is 264 g/mol. The highest BCUT2D eigenvalue weighted by molar-refractivity contribution is 5.60. The van der Waals surface area contributed by atoms with E-state index in [1.165, 1.54) is 12.1 Å². The molecular formula is C14H17FN2O2. The maximum absolute atomic E-state index is 13.0. The van der Waals surface area contributed by atoms with Crippen molar-refractivity contribution in [1.29, 1.82) is 0 Å². The highest BCUT2D eigenvalue weighted by Gasteiger charge is 2.09. The van der Waals surface area contributed by atoms with Crippen molar-refractivity contribution in [2.75, 3.05) is 20.3 Å². The molecule has 5 heteroatoms. The van der Waals surface area contributed by atoms with E-state index in [1.54, 1.807) is 19.4 Å². The number of rotatable bonds is 6. The molecule has 2 aromatic rings. The Morgan fingerprint density at radius 2 is 2.26 bits per heavy atom. The van der Waals surface area contributed by atoms with Crippen molar-refractivity contribution in [3.63, 3.8) is 0 Å². The predicted molar refractivity (Wildman–Crippen MR) is 70.2 cm³/mol. The van der Waals surface area contributed by atoms with E-state index in [2.05, 4.69) is 10.3 Å². The molecule has 0 saturated heterocycles. The van der Waals surface area contributed by atoms with Gasteiger partial charge in [0.25, 0.3) is 0 Å². The molecule has 0 fully saturated rings. The van der Waals surface area contributed by atoms with Gasteiger partial charge < -0.3 is 14.5 Å². The van der Waals surface area contributed by atoms with E-state index in [4.69, 9.17) is 9.15 Å². The number of halogens is 1. The molecule has 0 saturated carbocycles. The fourth-order valence-electron chi connectivity index (χ4n) is 1.79. The number of aryl methyl sites for hydroxylation is 1. The van der Waals surface area contributed by atoms with E-state index in [1.807, 2.05) is 6.92 Å². The lowest BCUT2D eigenvalue weighted by molar-refractivity contribution is 0.198. The second-order valence-electron chi connectivity index (χ2n) is 4.25. The van der Waals surface area contributed by atoms with Crippen LogP contribution in [0.3, 0.4) is 0 Å². The Bertz CT molecular complexity index is 540. The van der Waals surface area contributed by atoms with Gasteiger partial charge in [-0.3, -0.25) is 0 Å². The van der Waals surface area contributed by atoms with Gasteiger partial charge in [0.15, 0.2) is 5.76 Å². The lowest BCUT2D eigenvalue weighted by Crippen LogP contribution is -2.18. The third kappa shape index (κ3) is 3.62. The zero-order valence-corrected chi connectivity index (χ0v) is 11.1. The largest absolute Gasteiger partial charge is 0.439 e. The maximum atomic E-state index is 13.0. The van der Waals surface area contributed by atoms with Crippen LogP contribution in [0.5, 0.6) is 0 Å². The van der Waals surface area contributed by atoms with E-state index in [0.717, 1.165) is 17.7 Å². The zero-order chi connectivity index (χ0) is 13.7. The average Bonchev–Trinajstić information content (AvgIpc) is 2.83. The van der Waals surface area contributed by atoms with Gasteiger partial charge in [-0.1, -0.05) is 0 Å². The lowest BCUT2D eigenvalue weighted by atomic mass is 10.1. The van der Waals surface area contributed by atoms with Crippen LogP contribution in [-0.4, -0.2) is 25.2 Å². The number of hydrogen-bond acceptors (Lipinski definition) is 4. The van der Waals surface area contributed by atoms with Gasteiger partial charge in [0.1, 0.15) is 5.82 Å². The fraction of sp³-hybridized carbons (Fsp3) is 0.357. The standard InChI is InChI=1S/C14H17FN2O2/c1-10-7-11(15)3-4-12(10)13-8-17-14(19-13)9-16-5-6-18-2/h3-4,7-8,16H,5-6,9H2,1-2H3. The zero-order valence-electron chi connectivity index (χ0n) is 11.1. The van der Waals surface area contributed by atoms with E-state index in [0.29, 0.717) is 24.8 Å². The summed E-state index contributed by atoms with van der Waals surface area (Å²) in [6, 6.07) is 4.60. The van der Waals surface area contributed by atoms with Crippen molar-refractivity contribution >= 4 is 0 Å². The summed E-state index contributed by atoms with van der Waals surface area (Å²) in [4.78, 5) is 4.19. The molecule has 1 aromatic carbocycles. The highest BCUT2D eigenvalue weighted by Crippen LogP contribution is 2.24. The van der Waals surface area contributed by atoms with Crippen molar-refractivity contribution in [3.05, 3.63) is 41.7 Å². The van der Waals surface area contributed by atoms with E-state index < -0.39 is 0 Å². The van der Waals surface area contributed by atoms with Gasteiger partial charge >= 0.3 is 0 Å². The molecular weight excluding hydrogens is 247 g/mol. The molecule has 0 aliphatic heterocycles. The minimum Gasteiger partial charge on any atom is -0.439 e. The summed E-state index contributed by atoms with van der Waals surface area (Å²) >= 11 is 0. The molecule has 1 N–H and O–H groups in total. The van der Waals surface area contributed by atoms with E-state index in [-0.39, 0.29) is 5.82 Å². The molecule has 4 nitrogen and oxygen atoms in total. The smallest absolute Gasteiger partial charge is 0.208 e. The van der Waals surface area contributed by atoms with Gasteiger partial charge in [-0.15, -0.1) is 0 Å². The summed E-state index contributed by atoms with van der Waals surface area (Å²) in [6.07, 6.45) is 1.66. The minimum atomic E-state index is -0.248. The van der Waals surface area contributed by atoms with Crippen LogP contribution in [0.4, 0.5) is 4.39 Å². The molecule has 102 valence electrons. The third-order valence-corrected chi connectivity index (χ3v) is 2.77. The molecule has 0 radical (unpaired) electrons. The summed E-state index contributed by atoms with van der Waals surface area (Å²) in [5.41, 5.74) is 1.69.